The third-order valence-corrected chi connectivity index (χ3v) is 4.07. The van der Waals surface area contributed by atoms with E-state index in [9.17, 15) is 4.79 Å². The summed E-state index contributed by atoms with van der Waals surface area (Å²) in [7, 11) is 0. The molecule has 0 bridgehead atoms. The zero-order valence-electron chi connectivity index (χ0n) is 9.45. The maximum Gasteiger partial charge on any atom is 0.251 e. The molecule has 88 valence electrons. The maximum absolute atomic E-state index is 11.1. The van der Waals surface area contributed by atoms with E-state index in [1.807, 2.05) is 26.0 Å². The van der Waals surface area contributed by atoms with Crippen molar-refractivity contribution < 1.29 is 0 Å². The first-order valence-corrected chi connectivity index (χ1v) is 6.28. The summed E-state index contributed by atoms with van der Waals surface area (Å²) in [5.41, 5.74) is 3.03. The van der Waals surface area contributed by atoms with Gasteiger partial charge in [0.15, 0.2) is 4.77 Å². The summed E-state index contributed by atoms with van der Waals surface area (Å²) in [5, 5.41) is 0. The van der Waals surface area contributed by atoms with Gasteiger partial charge in [-0.3, -0.25) is 14.3 Å². The molecule has 3 nitrogen and oxygen atoms in total. The Kier molecular flexibility index (Phi) is 3.31. The van der Waals surface area contributed by atoms with E-state index >= 15 is 0 Å². The molecule has 0 spiro atoms. The van der Waals surface area contributed by atoms with Crippen molar-refractivity contribution in [1.29, 1.82) is 0 Å². The Hall–Kier alpha value is -1.20. The predicted octanol–water partition coefficient (Wildman–Crippen LogP) is 3.27. The van der Waals surface area contributed by atoms with Gasteiger partial charge in [0.2, 0.25) is 0 Å². The molecule has 0 radical (unpaired) electrons. The number of nitrogens with zero attached hydrogens (tertiary/aromatic N) is 1. The van der Waals surface area contributed by atoms with E-state index in [0.29, 0.717) is 4.77 Å². The van der Waals surface area contributed by atoms with E-state index in [0.717, 1.165) is 21.3 Å². The van der Waals surface area contributed by atoms with Crippen LogP contribution in [-0.4, -0.2) is 9.55 Å². The molecular formula is C12H11BrN2OS. The van der Waals surface area contributed by atoms with Gasteiger partial charge in [-0.2, -0.15) is 0 Å². The molecule has 1 aromatic carbocycles. The number of benzene rings is 1. The highest BCUT2D eigenvalue weighted by Crippen LogP contribution is 2.24. The molecular weight excluding hydrogens is 300 g/mol. The zero-order chi connectivity index (χ0) is 12.6. The highest BCUT2D eigenvalue weighted by atomic mass is 79.9. The minimum atomic E-state index is -0.184. The maximum atomic E-state index is 11.1. The second-order valence-corrected chi connectivity index (χ2v) is 5.05. The molecule has 2 rings (SSSR count). The molecule has 5 heteroatoms. The molecule has 0 aliphatic heterocycles. The molecule has 0 saturated carbocycles. The van der Waals surface area contributed by atoms with Crippen LogP contribution in [-0.2, 0) is 0 Å². The Bertz CT molecular complexity index is 664. The second kappa shape index (κ2) is 4.58. The number of halogens is 1. The van der Waals surface area contributed by atoms with Gasteiger partial charge in [0.1, 0.15) is 0 Å². The van der Waals surface area contributed by atoms with E-state index in [-0.39, 0.29) is 5.56 Å². The summed E-state index contributed by atoms with van der Waals surface area (Å²) in [5.74, 6) is 0. The lowest BCUT2D eigenvalue weighted by molar-refractivity contribution is 0.933. The summed E-state index contributed by atoms with van der Waals surface area (Å²) in [6, 6.07) is 5.50. The number of aryl methyl sites for hydroxylation is 2. The molecule has 0 aliphatic carbocycles. The van der Waals surface area contributed by atoms with Crippen LogP contribution in [0.5, 0.6) is 0 Å². The van der Waals surface area contributed by atoms with Crippen molar-refractivity contribution in [2.75, 3.05) is 0 Å². The Morgan fingerprint density at radius 3 is 2.41 bits per heavy atom. The molecule has 1 aromatic heterocycles. The first kappa shape index (κ1) is 12.3. The number of aromatic amines is 1. The number of H-pyrrole nitrogens is 1. The van der Waals surface area contributed by atoms with Gasteiger partial charge < -0.3 is 0 Å². The lowest BCUT2D eigenvalue weighted by Gasteiger charge is -2.10. The van der Waals surface area contributed by atoms with E-state index in [1.54, 1.807) is 10.8 Å². The summed E-state index contributed by atoms with van der Waals surface area (Å²) in [6.45, 7) is 4.05. The fourth-order valence-corrected chi connectivity index (χ4v) is 2.18. The fraction of sp³-hybridized carbons (Fsp3) is 0.167. The molecule has 0 amide bonds. The van der Waals surface area contributed by atoms with Crippen LogP contribution in [0.1, 0.15) is 11.1 Å². The Morgan fingerprint density at radius 2 is 1.88 bits per heavy atom. The minimum absolute atomic E-state index is 0.184. The van der Waals surface area contributed by atoms with Crippen LogP contribution in [0.15, 0.2) is 33.7 Å². The van der Waals surface area contributed by atoms with E-state index in [1.165, 1.54) is 6.07 Å². The van der Waals surface area contributed by atoms with Crippen molar-refractivity contribution in [2.24, 2.45) is 0 Å². The highest BCUT2D eigenvalue weighted by Gasteiger charge is 2.04. The van der Waals surface area contributed by atoms with Gasteiger partial charge >= 0.3 is 0 Å². The second-order valence-electron chi connectivity index (χ2n) is 3.87. The number of aromatic nitrogens is 2. The van der Waals surface area contributed by atoms with Crippen molar-refractivity contribution in [3.63, 3.8) is 0 Å². The molecule has 0 saturated heterocycles. The molecule has 0 aliphatic rings. The topological polar surface area (TPSA) is 37.8 Å². The molecule has 0 unspecified atom stereocenters. The Morgan fingerprint density at radius 1 is 1.29 bits per heavy atom. The molecule has 0 atom stereocenters. The molecule has 1 N–H and O–H groups in total. The lowest BCUT2D eigenvalue weighted by Crippen LogP contribution is -2.10. The van der Waals surface area contributed by atoms with E-state index in [2.05, 4.69) is 20.9 Å². The van der Waals surface area contributed by atoms with Crippen LogP contribution < -0.4 is 5.56 Å². The van der Waals surface area contributed by atoms with Crippen LogP contribution in [0.4, 0.5) is 0 Å². The van der Waals surface area contributed by atoms with E-state index < -0.39 is 0 Å². The normalized spacial score (nSPS) is 10.5. The minimum Gasteiger partial charge on any atom is -0.299 e. The summed E-state index contributed by atoms with van der Waals surface area (Å²) in [6.07, 6.45) is 1.68. The molecule has 2 aromatic rings. The van der Waals surface area contributed by atoms with Gasteiger partial charge in [0.05, 0.1) is 0 Å². The van der Waals surface area contributed by atoms with Gasteiger partial charge in [-0.15, -0.1) is 0 Å². The number of nitrogens with one attached hydrogen (secondary N) is 1. The first-order chi connectivity index (χ1) is 7.99. The number of rotatable bonds is 1. The fourth-order valence-electron chi connectivity index (χ4n) is 1.68. The first-order valence-electron chi connectivity index (χ1n) is 5.08. The van der Waals surface area contributed by atoms with Crippen LogP contribution in [0, 0.1) is 18.6 Å². The Labute approximate surface area is 112 Å². The summed E-state index contributed by atoms with van der Waals surface area (Å²) >= 11 is 8.66. The van der Waals surface area contributed by atoms with Crippen molar-refractivity contribution in [3.05, 3.63) is 55.1 Å². The highest BCUT2D eigenvalue weighted by molar-refractivity contribution is 9.10. The van der Waals surface area contributed by atoms with Gasteiger partial charge in [-0.05, 0) is 49.3 Å². The van der Waals surface area contributed by atoms with Crippen molar-refractivity contribution in [2.45, 2.75) is 13.8 Å². The SMILES string of the molecule is Cc1cc(-n2ccc(=O)[nH]c2=S)cc(C)c1Br. The number of hydrogen-bond donors (Lipinski definition) is 1. The van der Waals surface area contributed by atoms with Crippen LogP contribution in [0.25, 0.3) is 5.69 Å². The molecule has 17 heavy (non-hydrogen) atoms. The van der Waals surface area contributed by atoms with Crippen molar-refractivity contribution in [1.82, 2.24) is 9.55 Å². The van der Waals surface area contributed by atoms with Crippen LogP contribution in [0.2, 0.25) is 0 Å². The standard InChI is InChI=1S/C12H11BrN2OS/c1-7-5-9(6-8(2)11(7)13)15-4-3-10(16)14-12(15)17/h3-6H,1-2H3,(H,14,16,17). The third-order valence-electron chi connectivity index (χ3n) is 2.52. The monoisotopic (exact) mass is 310 g/mol. The van der Waals surface area contributed by atoms with Crippen molar-refractivity contribution >= 4 is 28.1 Å². The van der Waals surface area contributed by atoms with E-state index in [4.69, 9.17) is 12.2 Å². The van der Waals surface area contributed by atoms with Gasteiger partial charge in [-0.25, -0.2) is 0 Å². The van der Waals surface area contributed by atoms with Crippen LogP contribution in [0.3, 0.4) is 0 Å². The smallest absolute Gasteiger partial charge is 0.251 e. The largest absolute Gasteiger partial charge is 0.299 e. The number of hydrogen-bond acceptors (Lipinski definition) is 2. The summed E-state index contributed by atoms with van der Waals surface area (Å²) in [4.78, 5) is 13.7. The Balaban J connectivity index is 2.69. The van der Waals surface area contributed by atoms with Crippen LogP contribution >= 0.6 is 28.1 Å². The van der Waals surface area contributed by atoms with Gasteiger partial charge in [-0.1, -0.05) is 15.9 Å². The quantitative estimate of drug-likeness (QED) is 0.821. The van der Waals surface area contributed by atoms with Crippen molar-refractivity contribution in [3.8, 4) is 5.69 Å². The zero-order valence-corrected chi connectivity index (χ0v) is 11.9. The molecule has 0 fully saturated rings. The third kappa shape index (κ3) is 2.40. The molecule has 1 heterocycles. The lowest BCUT2D eigenvalue weighted by atomic mass is 10.1. The average Bonchev–Trinajstić information content (AvgIpc) is 2.25. The average molecular weight is 311 g/mol. The predicted molar refractivity (Wildman–Crippen MR) is 74.4 cm³/mol. The van der Waals surface area contributed by atoms with Gasteiger partial charge in [0.25, 0.3) is 5.56 Å². The summed E-state index contributed by atoms with van der Waals surface area (Å²) < 4.78 is 3.28. The van der Waals surface area contributed by atoms with Gasteiger partial charge in [0, 0.05) is 22.4 Å².